The van der Waals surface area contributed by atoms with Crippen LogP contribution in [0.1, 0.15) is 18.5 Å². The Balaban J connectivity index is 2.87. The number of hydrogen-bond donors (Lipinski definition) is 2. The van der Waals surface area contributed by atoms with Crippen LogP contribution in [0.5, 0.6) is 0 Å². The predicted molar refractivity (Wildman–Crippen MR) is 56.2 cm³/mol. The van der Waals surface area contributed by atoms with E-state index in [1.165, 1.54) is 11.3 Å². The molecule has 0 saturated carbocycles. The number of rotatable bonds is 4. The third kappa shape index (κ3) is 2.91. The van der Waals surface area contributed by atoms with E-state index in [0.717, 1.165) is 6.21 Å². The molecule has 0 aromatic carbocycles. The zero-order valence-corrected chi connectivity index (χ0v) is 8.90. The highest BCUT2D eigenvalue weighted by molar-refractivity contribution is 7.13. The van der Waals surface area contributed by atoms with Crippen molar-refractivity contribution in [2.45, 2.75) is 12.8 Å². The summed E-state index contributed by atoms with van der Waals surface area (Å²) in [5.41, 5.74) is 5.86. The lowest BCUT2D eigenvalue weighted by Crippen LogP contribution is -2.17. The molecule has 15 heavy (non-hydrogen) atoms. The van der Waals surface area contributed by atoms with Crippen molar-refractivity contribution < 1.29 is 14.7 Å². The molecule has 0 amide bonds. The van der Waals surface area contributed by atoms with Crippen molar-refractivity contribution in [2.75, 3.05) is 12.3 Å². The topological polar surface area (TPSA) is 97.8 Å². The van der Waals surface area contributed by atoms with E-state index in [9.17, 15) is 4.79 Å². The third-order valence-corrected chi connectivity index (χ3v) is 2.31. The van der Waals surface area contributed by atoms with Crippen molar-refractivity contribution >= 4 is 28.7 Å². The lowest BCUT2D eigenvalue weighted by molar-refractivity contribution is -0.143. The number of thiazole rings is 1. The molecule has 82 valence electrons. The second-order valence-electron chi connectivity index (χ2n) is 2.60. The van der Waals surface area contributed by atoms with Gasteiger partial charge in [-0.15, -0.1) is 16.5 Å². The number of aromatic nitrogens is 1. The van der Waals surface area contributed by atoms with Gasteiger partial charge in [-0.2, -0.15) is 0 Å². The Hall–Kier alpha value is -1.63. The Morgan fingerprint density at radius 3 is 3.13 bits per heavy atom. The summed E-state index contributed by atoms with van der Waals surface area (Å²) in [6.07, 6.45) is 1.06. The highest BCUT2D eigenvalue weighted by atomic mass is 32.1. The first-order valence-corrected chi connectivity index (χ1v) is 5.12. The Morgan fingerprint density at radius 1 is 1.93 bits per heavy atom. The lowest BCUT2D eigenvalue weighted by atomic mass is 10.1. The number of nitrogens with zero attached hydrogens (tertiary/aromatic N) is 2. The average Bonchev–Trinajstić information content (AvgIpc) is 2.61. The Morgan fingerprint density at radius 2 is 2.67 bits per heavy atom. The summed E-state index contributed by atoms with van der Waals surface area (Å²) in [5, 5.41) is 13.2. The highest BCUT2D eigenvalue weighted by Crippen LogP contribution is 2.20. The van der Waals surface area contributed by atoms with Crippen LogP contribution in [0.2, 0.25) is 0 Å². The molecular weight excluding hydrogens is 218 g/mol. The molecule has 7 heteroatoms. The first-order chi connectivity index (χ1) is 7.19. The van der Waals surface area contributed by atoms with Crippen LogP contribution in [-0.4, -0.2) is 29.0 Å². The van der Waals surface area contributed by atoms with E-state index in [4.69, 9.17) is 15.7 Å². The van der Waals surface area contributed by atoms with Crippen molar-refractivity contribution in [3.63, 3.8) is 0 Å². The summed E-state index contributed by atoms with van der Waals surface area (Å²) < 4.78 is 4.80. The summed E-state index contributed by atoms with van der Waals surface area (Å²) in [5.74, 6) is -1.32. The highest BCUT2D eigenvalue weighted by Gasteiger charge is 2.22. The molecule has 0 radical (unpaired) electrons. The Labute approximate surface area is 90.4 Å². The van der Waals surface area contributed by atoms with Gasteiger partial charge in [0.25, 0.3) is 0 Å². The fourth-order valence-corrected chi connectivity index (χ4v) is 1.60. The molecule has 0 bridgehead atoms. The molecule has 1 heterocycles. The van der Waals surface area contributed by atoms with Gasteiger partial charge in [0.2, 0.25) is 0 Å². The third-order valence-electron chi connectivity index (χ3n) is 1.61. The molecule has 1 aromatic rings. The summed E-state index contributed by atoms with van der Waals surface area (Å²) in [7, 11) is 0. The number of anilines is 1. The van der Waals surface area contributed by atoms with Gasteiger partial charge in [-0.1, -0.05) is 0 Å². The number of esters is 1. The minimum absolute atomic E-state index is 0.258. The van der Waals surface area contributed by atoms with Crippen molar-refractivity contribution in [1.29, 1.82) is 0 Å². The predicted octanol–water partition coefficient (Wildman–Crippen LogP) is 0.832. The van der Waals surface area contributed by atoms with Gasteiger partial charge >= 0.3 is 5.97 Å². The molecule has 0 aliphatic rings. The van der Waals surface area contributed by atoms with Crippen molar-refractivity contribution in [1.82, 2.24) is 4.98 Å². The van der Waals surface area contributed by atoms with Crippen molar-refractivity contribution in [2.24, 2.45) is 5.16 Å². The quantitative estimate of drug-likeness (QED) is 0.345. The monoisotopic (exact) mass is 229 g/mol. The molecular formula is C8H11N3O3S. The summed E-state index contributed by atoms with van der Waals surface area (Å²) in [6.45, 7) is 1.95. The number of nitrogen functional groups attached to an aromatic ring is 1. The molecule has 1 rings (SSSR count). The Bertz CT molecular complexity index is 364. The number of nitrogens with two attached hydrogens (primary N) is 1. The molecule has 6 nitrogen and oxygen atoms in total. The maximum absolute atomic E-state index is 11.4. The van der Waals surface area contributed by atoms with E-state index >= 15 is 0 Å². The minimum Gasteiger partial charge on any atom is -0.465 e. The Kier molecular flexibility index (Phi) is 4.04. The fraction of sp³-hybridized carbons (Fsp3) is 0.375. The molecule has 1 aromatic heterocycles. The molecule has 0 fully saturated rings. The molecule has 1 atom stereocenters. The standard InChI is InChI=1S/C8H11N3O3S/c1-2-14-7(12)5(3-10-13)6-4-15-8(9)11-6/h3-5,13H,2H2,1H3,(H2,9,11)/b10-3+. The van der Waals surface area contributed by atoms with Crippen LogP contribution in [0.4, 0.5) is 5.13 Å². The normalized spacial score (nSPS) is 12.9. The van der Waals surface area contributed by atoms with E-state index in [1.54, 1.807) is 12.3 Å². The van der Waals surface area contributed by atoms with E-state index in [2.05, 4.69) is 10.1 Å². The van der Waals surface area contributed by atoms with Crippen LogP contribution in [0, 0.1) is 0 Å². The van der Waals surface area contributed by atoms with Crippen LogP contribution < -0.4 is 5.73 Å². The van der Waals surface area contributed by atoms with E-state index in [1.807, 2.05) is 0 Å². The average molecular weight is 229 g/mol. The lowest BCUT2D eigenvalue weighted by Gasteiger charge is -2.07. The minimum atomic E-state index is -0.802. The van der Waals surface area contributed by atoms with Crippen LogP contribution in [0.3, 0.4) is 0 Å². The molecule has 0 aliphatic carbocycles. The number of ether oxygens (including phenoxy) is 1. The maximum atomic E-state index is 11.4. The summed E-state index contributed by atoms with van der Waals surface area (Å²) >= 11 is 1.21. The van der Waals surface area contributed by atoms with Crippen LogP contribution >= 0.6 is 11.3 Å². The van der Waals surface area contributed by atoms with Gasteiger partial charge in [0.1, 0.15) is 5.92 Å². The van der Waals surface area contributed by atoms with Crippen molar-refractivity contribution in [3.8, 4) is 0 Å². The smallest absolute Gasteiger partial charge is 0.320 e. The van der Waals surface area contributed by atoms with Crippen LogP contribution in [-0.2, 0) is 9.53 Å². The van der Waals surface area contributed by atoms with Gasteiger partial charge in [-0.25, -0.2) is 4.98 Å². The van der Waals surface area contributed by atoms with Gasteiger partial charge in [0.05, 0.1) is 18.5 Å². The molecule has 0 saturated heterocycles. The molecule has 0 aliphatic heterocycles. The first kappa shape index (κ1) is 11.4. The van der Waals surface area contributed by atoms with E-state index in [0.29, 0.717) is 10.8 Å². The number of carbonyl (C=O) groups is 1. The summed E-state index contributed by atoms with van der Waals surface area (Å²) in [4.78, 5) is 15.4. The molecule has 1 unspecified atom stereocenters. The van der Waals surface area contributed by atoms with Gasteiger partial charge in [-0.05, 0) is 6.92 Å². The number of oxime groups is 1. The molecule has 3 N–H and O–H groups in total. The first-order valence-electron chi connectivity index (χ1n) is 4.24. The van der Waals surface area contributed by atoms with Crippen LogP contribution in [0.25, 0.3) is 0 Å². The maximum Gasteiger partial charge on any atom is 0.320 e. The van der Waals surface area contributed by atoms with Gasteiger partial charge in [-0.3, -0.25) is 4.79 Å². The number of carbonyl (C=O) groups excluding carboxylic acids is 1. The van der Waals surface area contributed by atoms with Gasteiger partial charge in [0, 0.05) is 5.38 Å². The zero-order valence-electron chi connectivity index (χ0n) is 8.08. The number of hydrogen-bond acceptors (Lipinski definition) is 7. The molecule has 0 spiro atoms. The van der Waals surface area contributed by atoms with E-state index < -0.39 is 11.9 Å². The second kappa shape index (κ2) is 5.30. The second-order valence-corrected chi connectivity index (χ2v) is 3.49. The fourth-order valence-electron chi connectivity index (χ4n) is 1.00. The zero-order chi connectivity index (χ0) is 11.3. The van der Waals surface area contributed by atoms with Crippen molar-refractivity contribution in [3.05, 3.63) is 11.1 Å². The van der Waals surface area contributed by atoms with Gasteiger partial charge in [0.15, 0.2) is 5.13 Å². The van der Waals surface area contributed by atoms with Gasteiger partial charge < -0.3 is 15.7 Å². The van der Waals surface area contributed by atoms with E-state index in [-0.39, 0.29) is 6.61 Å². The SMILES string of the molecule is CCOC(=O)C(/C=N/O)c1csc(N)n1. The largest absolute Gasteiger partial charge is 0.465 e. The van der Waals surface area contributed by atoms with Crippen LogP contribution in [0.15, 0.2) is 10.5 Å². The summed E-state index contributed by atoms with van der Waals surface area (Å²) in [6, 6.07) is 0.